The van der Waals surface area contributed by atoms with E-state index in [4.69, 9.17) is 46.4 Å². The first kappa shape index (κ1) is 34.9. The van der Waals surface area contributed by atoms with Crippen LogP contribution in [0, 0.1) is 0 Å². The molecule has 0 saturated carbocycles. The van der Waals surface area contributed by atoms with Crippen molar-refractivity contribution in [2.75, 3.05) is 26.2 Å². The molecule has 0 fully saturated rings. The summed E-state index contributed by atoms with van der Waals surface area (Å²) in [7, 11) is 0. The van der Waals surface area contributed by atoms with E-state index in [1.165, 1.54) is 23.5 Å². The third-order valence-corrected chi connectivity index (χ3v) is 9.73. The number of carbonyl (C=O) groups excluding carboxylic acids is 2. The lowest BCUT2D eigenvalue weighted by Gasteiger charge is -2.18. The molecule has 2 aromatic rings. The second kappa shape index (κ2) is 18.3. The van der Waals surface area contributed by atoms with Gasteiger partial charge in [0.25, 0.3) is 0 Å². The summed E-state index contributed by atoms with van der Waals surface area (Å²) in [6.07, 6.45) is 6.46. The van der Waals surface area contributed by atoms with E-state index in [0.717, 1.165) is 32.4 Å². The lowest BCUT2D eigenvalue weighted by molar-refractivity contribution is -0.126. The molecule has 2 rings (SSSR count). The number of allylic oxidation sites excluding steroid dienone is 2. The highest BCUT2D eigenvalue weighted by Crippen LogP contribution is 2.39. The number of thioether (sulfide) groups is 2. The average Bonchev–Trinajstić information content (AvgIpc) is 2.90. The van der Waals surface area contributed by atoms with Crippen LogP contribution in [0.4, 0.5) is 0 Å². The van der Waals surface area contributed by atoms with E-state index in [1.54, 1.807) is 46.2 Å². The molecule has 10 heteroatoms. The number of hydrogen-bond acceptors (Lipinski definition) is 4. The minimum atomic E-state index is -0.0177. The van der Waals surface area contributed by atoms with Crippen LogP contribution < -0.4 is 0 Å². The van der Waals surface area contributed by atoms with Crippen molar-refractivity contribution in [1.82, 2.24) is 9.80 Å². The maximum absolute atomic E-state index is 12.9. The zero-order chi connectivity index (χ0) is 29.7. The molecular formula is C30H36Cl4N2O2S2. The lowest BCUT2D eigenvalue weighted by atomic mass is 10.1. The van der Waals surface area contributed by atoms with Gasteiger partial charge in [0.2, 0.25) is 11.8 Å². The topological polar surface area (TPSA) is 40.6 Å². The number of halogens is 4. The molecule has 0 bridgehead atoms. The highest BCUT2D eigenvalue weighted by molar-refractivity contribution is 8.03. The average molecular weight is 663 g/mol. The fourth-order valence-electron chi connectivity index (χ4n) is 3.83. The molecule has 218 valence electrons. The molecule has 0 atom stereocenters. The van der Waals surface area contributed by atoms with Gasteiger partial charge in [0.1, 0.15) is 0 Å². The lowest BCUT2D eigenvalue weighted by Crippen LogP contribution is -2.29. The summed E-state index contributed by atoms with van der Waals surface area (Å²) < 4.78 is 0. The molecule has 0 aromatic heterocycles. The predicted octanol–water partition coefficient (Wildman–Crippen LogP) is 10.2. The fraction of sp³-hybridized carbons (Fsp3) is 0.400. The van der Waals surface area contributed by atoms with Crippen LogP contribution in [-0.2, 0) is 9.59 Å². The molecular weight excluding hydrogens is 626 g/mol. The van der Waals surface area contributed by atoms with Crippen LogP contribution in [0.3, 0.4) is 0 Å². The maximum atomic E-state index is 12.9. The van der Waals surface area contributed by atoms with Crippen molar-refractivity contribution in [3.05, 3.63) is 78.5 Å². The summed E-state index contributed by atoms with van der Waals surface area (Å²) >= 11 is 28.0. The Morgan fingerprint density at radius 3 is 1.30 bits per heavy atom. The Bertz CT molecular complexity index is 1120. The maximum Gasteiger partial charge on any atom is 0.247 e. The van der Waals surface area contributed by atoms with Gasteiger partial charge < -0.3 is 9.80 Å². The van der Waals surface area contributed by atoms with Crippen molar-refractivity contribution in [3.63, 3.8) is 0 Å². The van der Waals surface area contributed by atoms with Gasteiger partial charge in [-0.3, -0.25) is 9.59 Å². The molecule has 0 aliphatic heterocycles. The number of amides is 2. The third kappa shape index (κ3) is 11.5. The molecule has 0 radical (unpaired) electrons. The molecule has 0 aliphatic carbocycles. The Balaban J connectivity index is 2.20. The molecule has 2 aromatic carbocycles. The molecule has 0 saturated heterocycles. The van der Waals surface area contributed by atoms with Gasteiger partial charge in [-0.15, -0.1) is 0 Å². The van der Waals surface area contributed by atoms with E-state index in [0.29, 0.717) is 59.1 Å². The SMILES string of the molecule is CCN(CC)C(=O)/C=C(/CCCC/C(=C\C(=O)N(CC)CC)Sc1ccc(Cl)cc1Cl)Sc1ccc(Cl)cc1Cl. The van der Waals surface area contributed by atoms with Crippen LogP contribution in [0.1, 0.15) is 53.4 Å². The summed E-state index contributed by atoms with van der Waals surface area (Å²) in [4.78, 5) is 32.9. The normalized spacial score (nSPS) is 12.0. The number of rotatable bonds is 15. The zero-order valence-electron chi connectivity index (χ0n) is 23.3. The molecule has 0 N–H and O–H groups in total. The van der Waals surface area contributed by atoms with Crippen LogP contribution in [-0.4, -0.2) is 47.8 Å². The number of hydrogen-bond donors (Lipinski definition) is 0. The van der Waals surface area contributed by atoms with Gasteiger partial charge in [-0.1, -0.05) is 69.9 Å². The number of nitrogens with zero attached hydrogens (tertiary/aromatic N) is 2. The van der Waals surface area contributed by atoms with E-state index in [9.17, 15) is 9.59 Å². The van der Waals surface area contributed by atoms with Gasteiger partial charge in [0.05, 0.1) is 10.0 Å². The molecule has 4 nitrogen and oxygen atoms in total. The van der Waals surface area contributed by atoms with Crippen molar-refractivity contribution in [2.24, 2.45) is 0 Å². The molecule has 0 aliphatic rings. The highest BCUT2D eigenvalue weighted by Gasteiger charge is 2.14. The first-order valence-electron chi connectivity index (χ1n) is 13.4. The first-order chi connectivity index (χ1) is 19.1. The Hall–Kier alpha value is -1.28. The van der Waals surface area contributed by atoms with Crippen molar-refractivity contribution >= 4 is 81.7 Å². The first-order valence-corrected chi connectivity index (χ1v) is 16.5. The number of benzene rings is 2. The smallest absolute Gasteiger partial charge is 0.247 e. The second-order valence-electron chi connectivity index (χ2n) is 8.80. The van der Waals surface area contributed by atoms with Crippen LogP contribution in [0.5, 0.6) is 0 Å². The molecule has 0 spiro atoms. The summed E-state index contributed by atoms with van der Waals surface area (Å²) in [6, 6.07) is 10.7. The summed E-state index contributed by atoms with van der Waals surface area (Å²) in [5, 5.41) is 2.23. The molecule has 40 heavy (non-hydrogen) atoms. The van der Waals surface area contributed by atoms with Crippen LogP contribution >= 0.6 is 69.9 Å². The summed E-state index contributed by atoms with van der Waals surface area (Å²) in [5.74, 6) is -0.0353. The predicted molar refractivity (Wildman–Crippen MR) is 175 cm³/mol. The van der Waals surface area contributed by atoms with Crippen LogP contribution in [0.2, 0.25) is 20.1 Å². The van der Waals surface area contributed by atoms with Gasteiger partial charge in [-0.2, -0.15) is 0 Å². The number of unbranched alkanes of at least 4 members (excludes halogenated alkanes) is 1. The number of likely N-dealkylation sites (N-methyl/N-ethyl adjacent to an activating group) is 2. The summed E-state index contributed by atoms with van der Waals surface area (Å²) in [5.41, 5.74) is 0. The minimum absolute atomic E-state index is 0.0177. The van der Waals surface area contributed by atoms with Crippen molar-refractivity contribution in [2.45, 2.75) is 63.2 Å². The van der Waals surface area contributed by atoms with Crippen LogP contribution in [0.15, 0.2) is 68.2 Å². The molecule has 0 unspecified atom stereocenters. The highest BCUT2D eigenvalue weighted by atomic mass is 35.5. The van der Waals surface area contributed by atoms with Gasteiger partial charge in [0, 0.05) is 58.2 Å². The van der Waals surface area contributed by atoms with E-state index in [-0.39, 0.29) is 11.8 Å². The minimum Gasteiger partial charge on any atom is -0.340 e. The third-order valence-electron chi connectivity index (χ3n) is 6.09. The van der Waals surface area contributed by atoms with Crippen LogP contribution in [0.25, 0.3) is 0 Å². The largest absolute Gasteiger partial charge is 0.340 e. The Kier molecular flexibility index (Phi) is 16.0. The van der Waals surface area contributed by atoms with E-state index in [1.807, 2.05) is 39.8 Å². The fourth-order valence-corrected chi connectivity index (χ4v) is 6.84. The second-order valence-corrected chi connectivity index (χ2v) is 12.8. The van der Waals surface area contributed by atoms with Gasteiger partial charge >= 0.3 is 0 Å². The summed E-state index contributed by atoms with van der Waals surface area (Å²) in [6.45, 7) is 10.4. The number of carbonyl (C=O) groups is 2. The Morgan fingerprint density at radius 2 is 1.00 bits per heavy atom. The van der Waals surface area contributed by atoms with Crippen molar-refractivity contribution < 1.29 is 9.59 Å². The van der Waals surface area contributed by atoms with Gasteiger partial charge in [-0.05, 0) is 99.6 Å². The Labute approximate surface area is 267 Å². The monoisotopic (exact) mass is 660 g/mol. The van der Waals surface area contributed by atoms with Gasteiger partial charge in [0.15, 0.2) is 0 Å². The molecule has 0 heterocycles. The van der Waals surface area contributed by atoms with Crippen molar-refractivity contribution in [3.8, 4) is 0 Å². The quantitative estimate of drug-likeness (QED) is 0.108. The van der Waals surface area contributed by atoms with Gasteiger partial charge in [-0.25, -0.2) is 0 Å². The van der Waals surface area contributed by atoms with E-state index >= 15 is 0 Å². The van der Waals surface area contributed by atoms with Crippen molar-refractivity contribution in [1.29, 1.82) is 0 Å². The van der Waals surface area contributed by atoms with E-state index < -0.39 is 0 Å². The standard InChI is InChI=1S/C30H36Cl4N2O2S2/c1-5-35(6-2)29(37)19-23(39-27-15-13-21(31)17-25(27)33)11-9-10-12-24(20-30(38)36(7-3)8-4)40-28-16-14-22(32)18-26(28)34/h13-20H,5-12H2,1-4H3/b23-19-,24-20+. The zero-order valence-corrected chi connectivity index (χ0v) is 28.0. The molecule has 2 amide bonds. The van der Waals surface area contributed by atoms with E-state index in [2.05, 4.69) is 0 Å². The Morgan fingerprint density at radius 1 is 0.650 bits per heavy atom.